The van der Waals surface area contributed by atoms with Crippen LogP contribution in [-0.2, 0) is 30.6 Å². The Labute approximate surface area is 191 Å². The number of carbonyl (C=O) groups is 2. The molecule has 2 N–H and O–H groups in total. The predicted octanol–water partition coefficient (Wildman–Crippen LogP) is 4.34. The molecule has 2 aliphatic rings. The van der Waals surface area contributed by atoms with Crippen molar-refractivity contribution in [3.05, 3.63) is 56.0 Å². The van der Waals surface area contributed by atoms with Crippen LogP contribution in [0.3, 0.4) is 0 Å². The van der Waals surface area contributed by atoms with Crippen molar-refractivity contribution in [2.75, 3.05) is 5.32 Å². The molecular formula is C24H29N3O4S. The van der Waals surface area contributed by atoms with Gasteiger partial charge < -0.3 is 9.67 Å². The molecule has 0 unspecified atom stereocenters. The zero-order chi connectivity index (χ0) is 22.5. The second kappa shape index (κ2) is 10.3. The van der Waals surface area contributed by atoms with Gasteiger partial charge >= 0.3 is 5.97 Å². The highest BCUT2D eigenvalue weighted by atomic mass is 32.1. The quantitative estimate of drug-likeness (QED) is 0.631. The Balaban J connectivity index is 1.67. The van der Waals surface area contributed by atoms with E-state index in [-0.39, 0.29) is 17.5 Å². The van der Waals surface area contributed by atoms with Gasteiger partial charge in [0.15, 0.2) is 5.13 Å². The number of pyridine rings is 1. The van der Waals surface area contributed by atoms with E-state index in [2.05, 4.69) is 16.4 Å². The number of aromatic nitrogens is 2. The first-order valence-electron chi connectivity index (χ1n) is 11.4. The van der Waals surface area contributed by atoms with Gasteiger partial charge in [-0.2, -0.15) is 0 Å². The highest BCUT2D eigenvalue weighted by Gasteiger charge is 2.22. The molecule has 0 saturated heterocycles. The SMILES string of the molecule is O=C(O)Cc1csc(NC(=O)c2cc3c(n(CC4=CCCCC4)c2=O)CCCCCC3)n1. The molecule has 32 heavy (non-hydrogen) atoms. The Morgan fingerprint density at radius 3 is 2.62 bits per heavy atom. The van der Waals surface area contributed by atoms with Gasteiger partial charge in [0, 0.05) is 17.6 Å². The van der Waals surface area contributed by atoms with Crippen molar-refractivity contribution in [1.82, 2.24) is 9.55 Å². The lowest BCUT2D eigenvalue weighted by molar-refractivity contribution is -0.136. The molecule has 0 spiro atoms. The maximum absolute atomic E-state index is 13.5. The Kier molecular flexibility index (Phi) is 7.19. The summed E-state index contributed by atoms with van der Waals surface area (Å²) in [7, 11) is 0. The average Bonchev–Trinajstić information content (AvgIpc) is 3.17. The summed E-state index contributed by atoms with van der Waals surface area (Å²) >= 11 is 1.16. The van der Waals surface area contributed by atoms with Gasteiger partial charge in [-0.25, -0.2) is 4.98 Å². The van der Waals surface area contributed by atoms with Crippen LogP contribution < -0.4 is 10.9 Å². The van der Waals surface area contributed by atoms with Crippen LogP contribution in [-0.4, -0.2) is 26.5 Å². The van der Waals surface area contributed by atoms with E-state index < -0.39 is 11.9 Å². The summed E-state index contributed by atoms with van der Waals surface area (Å²) in [5, 5.41) is 13.5. The molecule has 1 amide bonds. The smallest absolute Gasteiger partial charge is 0.309 e. The lowest BCUT2D eigenvalue weighted by Crippen LogP contribution is -2.33. The van der Waals surface area contributed by atoms with Gasteiger partial charge in [-0.1, -0.05) is 24.5 Å². The van der Waals surface area contributed by atoms with Crippen molar-refractivity contribution in [3.63, 3.8) is 0 Å². The minimum Gasteiger partial charge on any atom is -0.481 e. The first kappa shape index (κ1) is 22.5. The van der Waals surface area contributed by atoms with E-state index in [1.807, 2.05) is 4.57 Å². The zero-order valence-electron chi connectivity index (χ0n) is 18.2. The number of amides is 1. The van der Waals surface area contributed by atoms with Crippen molar-refractivity contribution in [2.24, 2.45) is 0 Å². The minimum atomic E-state index is -0.977. The summed E-state index contributed by atoms with van der Waals surface area (Å²) in [5.74, 6) is -1.46. The predicted molar refractivity (Wildman–Crippen MR) is 125 cm³/mol. The average molecular weight is 456 g/mol. The molecule has 0 atom stereocenters. The van der Waals surface area contributed by atoms with Crippen LogP contribution in [0.1, 0.15) is 78.7 Å². The van der Waals surface area contributed by atoms with E-state index in [0.29, 0.717) is 17.4 Å². The van der Waals surface area contributed by atoms with Crippen LogP contribution >= 0.6 is 11.3 Å². The number of carbonyl (C=O) groups excluding carboxylic acids is 1. The molecule has 2 aliphatic carbocycles. The third-order valence-corrected chi connectivity index (χ3v) is 7.00. The Morgan fingerprint density at radius 1 is 1.09 bits per heavy atom. The molecule has 0 saturated carbocycles. The molecule has 8 heteroatoms. The van der Waals surface area contributed by atoms with Crippen LogP contribution in [0, 0.1) is 0 Å². The second-order valence-electron chi connectivity index (χ2n) is 8.61. The Bertz CT molecular complexity index is 1100. The van der Waals surface area contributed by atoms with E-state index in [0.717, 1.165) is 74.0 Å². The highest BCUT2D eigenvalue weighted by Crippen LogP contribution is 2.24. The number of nitrogens with zero attached hydrogens (tertiary/aromatic N) is 2. The van der Waals surface area contributed by atoms with Crippen molar-refractivity contribution < 1.29 is 14.7 Å². The number of nitrogens with one attached hydrogen (secondary N) is 1. The van der Waals surface area contributed by atoms with E-state index >= 15 is 0 Å². The first-order chi connectivity index (χ1) is 15.5. The fourth-order valence-corrected chi connectivity index (χ4v) is 5.29. The number of aryl methyl sites for hydroxylation is 1. The van der Waals surface area contributed by atoms with E-state index in [1.165, 1.54) is 18.4 Å². The fraction of sp³-hybridized carbons (Fsp3) is 0.500. The van der Waals surface area contributed by atoms with Gasteiger partial charge in [-0.3, -0.25) is 19.7 Å². The lowest BCUT2D eigenvalue weighted by Gasteiger charge is -2.23. The number of hydrogen-bond donors (Lipinski definition) is 2. The van der Waals surface area contributed by atoms with Gasteiger partial charge in [0.2, 0.25) is 0 Å². The molecule has 4 rings (SSSR count). The molecule has 0 fully saturated rings. The number of allylic oxidation sites excluding steroid dienone is 2. The number of hydrogen-bond acceptors (Lipinski definition) is 5. The molecule has 170 valence electrons. The number of fused-ring (bicyclic) bond motifs is 1. The molecule has 0 bridgehead atoms. The molecule has 0 radical (unpaired) electrons. The van der Waals surface area contributed by atoms with Gasteiger partial charge in [-0.05, 0) is 63.0 Å². The van der Waals surface area contributed by atoms with E-state index in [9.17, 15) is 14.4 Å². The maximum Gasteiger partial charge on any atom is 0.309 e. The van der Waals surface area contributed by atoms with Crippen LogP contribution in [0.25, 0.3) is 0 Å². The van der Waals surface area contributed by atoms with Crippen molar-refractivity contribution in [1.29, 1.82) is 0 Å². The van der Waals surface area contributed by atoms with E-state index in [4.69, 9.17) is 5.11 Å². The molecule has 2 aromatic rings. The van der Waals surface area contributed by atoms with Crippen molar-refractivity contribution in [2.45, 2.75) is 77.2 Å². The number of anilines is 1. The topological polar surface area (TPSA) is 101 Å². The third-order valence-electron chi connectivity index (χ3n) is 6.20. The van der Waals surface area contributed by atoms with Crippen molar-refractivity contribution in [3.8, 4) is 0 Å². The van der Waals surface area contributed by atoms with Gasteiger partial charge in [0.25, 0.3) is 11.5 Å². The normalized spacial score (nSPS) is 16.4. The summed E-state index contributed by atoms with van der Waals surface area (Å²) in [6, 6.07) is 1.77. The van der Waals surface area contributed by atoms with Crippen LogP contribution in [0.2, 0.25) is 0 Å². The largest absolute Gasteiger partial charge is 0.481 e. The monoisotopic (exact) mass is 455 g/mol. The lowest BCUT2D eigenvalue weighted by atomic mass is 9.94. The zero-order valence-corrected chi connectivity index (χ0v) is 19.0. The number of carboxylic acids is 1. The summed E-state index contributed by atoms with van der Waals surface area (Å²) in [6.07, 6.45) is 12.6. The number of carboxylic acid groups (broad SMARTS) is 1. The standard InChI is InChI=1S/C24H29N3O4S/c28-21(29)13-18-15-32-24(25-18)26-22(30)19-12-17-10-6-1-2-7-11-20(17)27(23(19)31)14-16-8-4-3-5-9-16/h8,12,15H,1-7,9-11,13-14H2,(H,28,29)(H,25,26,30). The molecule has 0 aliphatic heterocycles. The van der Waals surface area contributed by atoms with Crippen LogP contribution in [0.5, 0.6) is 0 Å². The molecule has 0 aromatic carbocycles. The van der Waals surface area contributed by atoms with E-state index in [1.54, 1.807) is 11.4 Å². The van der Waals surface area contributed by atoms with Crippen LogP contribution in [0.15, 0.2) is 27.9 Å². The minimum absolute atomic E-state index is 0.135. The second-order valence-corrected chi connectivity index (χ2v) is 9.47. The third kappa shape index (κ3) is 5.35. The number of thiazole rings is 1. The Hall–Kier alpha value is -2.74. The maximum atomic E-state index is 13.5. The summed E-state index contributed by atoms with van der Waals surface area (Å²) in [4.78, 5) is 41.6. The molecule has 7 nitrogen and oxygen atoms in total. The first-order valence-corrected chi connectivity index (χ1v) is 12.3. The van der Waals surface area contributed by atoms with Crippen molar-refractivity contribution >= 4 is 28.3 Å². The fourth-order valence-electron chi connectivity index (χ4n) is 4.58. The molecule has 2 aromatic heterocycles. The van der Waals surface area contributed by atoms with Gasteiger partial charge in [-0.15, -0.1) is 11.3 Å². The number of rotatable bonds is 6. The molecular weight excluding hydrogens is 426 g/mol. The summed E-state index contributed by atoms with van der Waals surface area (Å²) in [6.45, 7) is 0.558. The Morgan fingerprint density at radius 2 is 1.88 bits per heavy atom. The molecule has 2 heterocycles. The van der Waals surface area contributed by atoms with Gasteiger partial charge in [0.05, 0.1) is 12.1 Å². The summed E-state index contributed by atoms with van der Waals surface area (Å²) < 4.78 is 1.84. The number of aliphatic carboxylic acids is 1. The van der Waals surface area contributed by atoms with Gasteiger partial charge in [0.1, 0.15) is 5.56 Å². The highest BCUT2D eigenvalue weighted by molar-refractivity contribution is 7.14. The van der Waals surface area contributed by atoms with Crippen LogP contribution in [0.4, 0.5) is 5.13 Å². The summed E-state index contributed by atoms with van der Waals surface area (Å²) in [5.41, 5.74) is 3.72.